The van der Waals surface area contributed by atoms with E-state index in [0.29, 0.717) is 18.1 Å². The number of ether oxygens (including phenoxy) is 1. The van der Waals surface area contributed by atoms with Gasteiger partial charge >= 0.3 is 0 Å². The molecule has 4 nitrogen and oxygen atoms in total. The van der Waals surface area contributed by atoms with Crippen molar-refractivity contribution in [3.05, 3.63) is 41.0 Å². The number of aliphatic hydroxyl groups is 1. The molecule has 1 rings (SSSR count). The Morgan fingerprint density at radius 2 is 1.91 bits per heavy atom. The van der Waals surface area contributed by atoms with Crippen LogP contribution in [0.2, 0.25) is 0 Å². The molecule has 22 heavy (non-hydrogen) atoms. The number of nitrogens with one attached hydrogen (secondary N) is 1. The SMILES string of the molecule is C/C(=C\c1ccc(C)cc1)C(=O)NCC(O)COCC(C)C. The van der Waals surface area contributed by atoms with Crippen LogP contribution >= 0.6 is 0 Å². The fraction of sp³-hybridized carbons (Fsp3) is 0.500. The van der Waals surface area contributed by atoms with E-state index >= 15 is 0 Å². The molecular weight excluding hydrogens is 278 g/mol. The highest BCUT2D eigenvalue weighted by atomic mass is 16.5. The predicted octanol–water partition coefficient (Wildman–Crippen LogP) is 2.55. The molecule has 2 N–H and O–H groups in total. The fourth-order valence-corrected chi connectivity index (χ4v) is 1.83. The maximum atomic E-state index is 12.0. The summed E-state index contributed by atoms with van der Waals surface area (Å²) in [5.74, 6) is 0.255. The Labute approximate surface area is 133 Å². The lowest BCUT2D eigenvalue weighted by Crippen LogP contribution is -2.35. The minimum Gasteiger partial charge on any atom is -0.389 e. The topological polar surface area (TPSA) is 58.6 Å². The van der Waals surface area contributed by atoms with Crippen LogP contribution in [-0.4, -0.2) is 36.9 Å². The van der Waals surface area contributed by atoms with Gasteiger partial charge in [-0.2, -0.15) is 0 Å². The maximum absolute atomic E-state index is 12.0. The molecule has 1 aromatic rings. The van der Waals surface area contributed by atoms with Gasteiger partial charge in [-0.05, 0) is 31.4 Å². The third-order valence-corrected chi connectivity index (χ3v) is 3.08. The number of aliphatic hydroxyl groups excluding tert-OH is 1. The second-order valence-corrected chi connectivity index (χ2v) is 6.03. The van der Waals surface area contributed by atoms with Crippen molar-refractivity contribution in [3.63, 3.8) is 0 Å². The van der Waals surface area contributed by atoms with Crippen molar-refractivity contribution in [2.24, 2.45) is 5.92 Å². The molecule has 0 radical (unpaired) electrons. The van der Waals surface area contributed by atoms with Gasteiger partial charge in [0, 0.05) is 18.7 Å². The molecule has 4 heteroatoms. The third-order valence-electron chi connectivity index (χ3n) is 3.08. The van der Waals surface area contributed by atoms with Gasteiger partial charge in [-0.15, -0.1) is 0 Å². The zero-order valence-electron chi connectivity index (χ0n) is 13.9. The molecule has 1 unspecified atom stereocenters. The number of carbonyl (C=O) groups excluding carboxylic acids is 1. The lowest BCUT2D eigenvalue weighted by atomic mass is 10.1. The number of amides is 1. The number of carbonyl (C=O) groups is 1. The van der Waals surface area contributed by atoms with Crippen LogP contribution in [0, 0.1) is 12.8 Å². The van der Waals surface area contributed by atoms with E-state index in [1.807, 2.05) is 51.1 Å². The molecule has 0 aliphatic heterocycles. The summed E-state index contributed by atoms with van der Waals surface area (Å²) >= 11 is 0. The predicted molar refractivity (Wildman–Crippen MR) is 89.5 cm³/mol. The van der Waals surface area contributed by atoms with E-state index in [4.69, 9.17) is 4.74 Å². The van der Waals surface area contributed by atoms with Gasteiger partial charge in [0.1, 0.15) is 0 Å². The largest absolute Gasteiger partial charge is 0.389 e. The molecule has 0 spiro atoms. The quantitative estimate of drug-likeness (QED) is 0.726. The van der Waals surface area contributed by atoms with Gasteiger partial charge in [-0.3, -0.25) is 4.79 Å². The highest BCUT2D eigenvalue weighted by Gasteiger charge is 2.09. The monoisotopic (exact) mass is 305 g/mol. The lowest BCUT2D eigenvalue weighted by molar-refractivity contribution is -0.118. The molecule has 0 aliphatic carbocycles. The molecule has 0 aromatic heterocycles. The van der Waals surface area contributed by atoms with Crippen molar-refractivity contribution >= 4 is 12.0 Å². The first kappa shape index (κ1) is 18.4. The number of benzene rings is 1. The summed E-state index contributed by atoms with van der Waals surface area (Å²) in [6.07, 6.45) is 1.14. The molecule has 122 valence electrons. The van der Waals surface area contributed by atoms with Crippen molar-refractivity contribution in [2.45, 2.75) is 33.8 Å². The first-order valence-corrected chi connectivity index (χ1v) is 7.67. The van der Waals surface area contributed by atoms with Crippen molar-refractivity contribution < 1.29 is 14.6 Å². The Hall–Kier alpha value is -1.65. The summed E-state index contributed by atoms with van der Waals surface area (Å²) < 4.78 is 5.34. The second-order valence-electron chi connectivity index (χ2n) is 6.03. The Bertz CT molecular complexity index is 492. The summed E-state index contributed by atoms with van der Waals surface area (Å²) in [7, 11) is 0. The van der Waals surface area contributed by atoms with E-state index < -0.39 is 6.10 Å². The Balaban J connectivity index is 2.39. The molecule has 0 bridgehead atoms. The Morgan fingerprint density at radius 3 is 2.50 bits per heavy atom. The standard InChI is InChI=1S/C18H27NO3/c1-13(2)11-22-12-17(20)10-19-18(21)15(4)9-16-7-5-14(3)6-8-16/h5-9,13,17,20H,10-12H2,1-4H3,(H,19,21)/b15-9+. The van der Waals surface area contributed by atoms with Crippen molar-refractivity contribution in [1.29, 1.82) is 0 Å². The summed E-state index contributed by atoms with van der Waals surface area (Å²) in [6, 6.07) is 7.96. The smallest absolute Gasteiger partial charge is 0.247 e. The second kappa shape index (κ2) is 9.38. The molecule has 0 aliphatic rings. The zero-order valence-corrected chi connectivity index (χ0v) is 13.9. The zero-order chi connectivity index (χ0) is 16.5. The molecule has 0 heterocycles. The maximum Gasteiger partial charge on any atom is 0.247 e. The summed E-state index contributed by atoms with van der Waals surface area (Å²) in [5.41, 5.74) is 2.78. The first-order chi connectivity index (χ1) is 10.4. The number of aryl methyl sites for hydroxylation is 1. The van der Waals surface area contributed by atoms with E-state index in [2.05, 4.69) is 5.32 Å². The van der Waals surface area contributed by atoms with Gasteiger partial charge in [0.2, 0.25) is 5.91 Å². The van der Waals surface area contributed by atoms with Gasteiger partial charge in [0.25, 0.3) is 0 Å². The molecule has 1 atom stereocenters. The molecular formula is C18H27NO3. The Morgan fingerprint density at radius 1 is 1.27 bits per heavy atom. The van der Waals surface area contributed by atoms with Gasteiger partial charge in [-0.1, -0.05) is 43.7 Å². The third kappa shape index (κ3) is 7.38. The van der Waals surface area contributed by atoms with Crippen LogP contribution in [-0.2, 0) is 9.53 Å². The van der Waals surface area contributed by atoms with Crippen LogP contribution < -0.4 is 5.32 Å². The van der Waals surface area contributed by atoms with Crippen molar-refractivity contribution in [1.82, 2.24) is 5.32 Å². The minimum atomic E-state index is -0.685. The minimum absolute atomic E-state index is 0.177. The number of hydrogen-bond donors (Lipinski definition) is 2. The molecule has 0 fully saturated rings. The summed E-state index contributed by atoms with van der Waals surface area (Å²) in [4.78, 5) is 12.0. The average Bonchev–Trinajstić information content (AvgIpc) is 2.46. The number of rotatable bonds is 8. The normalized spacial score (nSPS) is 13.3. The summed E-state index contributed by atoms with van der Waals surface area (Å²) in [5, 5.41) is 12.5. The van der Waals surface area contributed by atoms with Gasteiger partial charge in [-0.25, -0.2) is 0 Å². The molecule has 0 saturated carbocycles. The highest BCUT2D eigenvalue weighted by molar-refractivity contribution is 5.97. The van der Waals surface area contributed by atoms with Crippen molar-refractivity contribution in [3.8, 4) is 0 Å². The number of hydrogen-bond acceptors (Lipinski definition) is 3. The van der Waals surface area contributed by atoms with E-state index in [0.717, 1.165) is 5.56 Å². The van der Waals surface area contributed by atoms with Crippen LogP contribution in [0.3, 0.4) is 0 Å². The van der Waals surface area contributed by atoms with Crippen LogP contribution in [0.1, 0.15) is 31.9 Å². The Kier molecular flexibility index (Phi) is 7.85. The highest BCUT2D eigenvalue weighted by Crippen LogP contribution is 2.08. The van der Waals surface area contributed by atoms with Crippen molar-refractivity contribution in [2.75, 3.05) is 19.8 Å². The molecule has 1 aromatic carbocycles. The van der Waals surface area contributed by atoms with E-state index in [9.17, 15) is 9.90 Å². The van der Waals surface area contributed by atoms with Crippen LogP contribution in [0.25, 0.3) is 6.08 Å². The molecule has 0 saturated heterocycles. The van der Waals surface area contributed by atoms with E-state index in [1.165, 1.54) is 5.56 Å². The van der Waals surface area contributed by atoms with E-state index in [1.54, 1.807) is 6.92 Å². The summed E-state index contributed by atoms with van der Waals surface area (Å²) in [6.45, 7) is 8.92. The van der Waals surface area contributed by atoms with Crippen LogP contribution in [0.4, 0.5) is 0 Å². The van der Waals surface area contributed by atoms with Gasteiger partial charge in [0.15, 0.2) is 0 Å². The van der Waals surface area contributed by atoms with Crippen LogP contribution in [0.5, 0.6) is 0 Å². The fourth-order valence-electron chi connectivity index (χ4n) is 1.83. The van der Waals surface area contributed by atoms with Gasteiger partial charge < -0.3 is 15.2 Å². The van der Waals surface area contributed by atoms with Crippen LogP contribution in [0.15, 0.2) is 29.8 Å². The van der Waals surface area contributed by atoms with Gasteiger partial charge in [0.05, 0.1) is 12.7 Å². The molecule has 1 amide bonds. The van der Waals surface area contributed by atoms with E-state index in [-0.39, 0.29) is 19.1 Å². The lowest BCUT2D eigenvalue weighted by Gasteiger charge is -2.13. The first-order valence-electron chi connectivity index (χ1n) is 7.67. The average molecular weight is 305 g/mol.